The Morgan fingerprint density at radius 1 is 1.00 bits per heavy atom. The summed E-state index contributed by atoms with van der Waals surface area (Å²) in [7, 11) is 0. The average molecular weight is 313 g/mol. The van der Waals surface area contributed by atoms with Crippen molar-refractivity contribution in [1.29, 1.82) is 0 Å². The van der Waals surface area contributed by atoms with Gasteiger partial charge < -0.3 is 14.8 Å². The van der Waals surface area contributed by atoms with Gasteiger partial charge in [0.1, 0.15) is 11.5 Å². The van der Waals surface area contributed by atoms with E-state index in [1.54, 1.807) is 0 Å². The SMILES string of the molecule is CCCCOc1ccc(NCc2ccccc2OC(C)C)cc1. The molecule has 0 amide bonds. The maximum Gasteiger partial charge on any atom is 0.124 e. The van der Waals surface area contributed by atoms with Crippen molar-refractivity contribution in [3.05, 3.63) is 54.1 Å². The Labute approximate surface area is 139 Å². The molecule has 23 heavy (non-hydrogen) atoms. The molecule has 0 radical (unpaired) electrons. The van der Waals surface area contributed by atoms with E-state index in [9.17, 15) is 0 Å². The molecule has 2 rings (SSSR count). The molecular formula is C20H27NO2. The summed E-state index contributed by atoms with van der Waals surface area (Å²) < 4.78 is 11.5. The molecule has 2 aromatic carbocycles. The number of rotatable bonds is 9. The Balaban J connectivity index is 1.91. The molecule has 0 fully saturated rings. The zero-order valence-electron chi connectivity index (χ0n) is 14.3. The first-order valence-electron chi connectivity index (χ1n) is 8.40. The van der Waals surface area contributed by atoms with Gasteiger partial charge in [0.05, 0.1) is 12.7 Å². The van der Waals surface area contributed by atoms with Crippen LogP contribution in [-0.2, 0) is 6.54 Å². The Hall–Kier alpha value is -2.16. The third-order valence-corrected chi connectivity index (χ3v) is 3.44. The number of hydrogen-bond donors (Lipinski definition) is 1. The van der Waals surface area contributed by atoms with Crippen molar-refractivity contribution in [3.8, 4) is 11.5 Å². The molecule has 0 aliphatic heterocycles. The summed E-state index contributed by atoms with van der Waals surface area (Å²) in [5.41, 5.74) is 2.23. The van der Waals surface area contributed by atoms with Gasteiger partial charge in [0.2, 0.25) is 0 Å². The minimum Gasteiger partial charge on any atom is -0.494 e. The molecule has 0 spiro atoms. The van der Waals surface area contributed by atoms with Crippen molar-refractivity contribution in [3.63, 3.8) is 0 Å². The van der Waals surface area contributed by atoms with Crippen LogP contribution in [0.2, 0.25) is 0 Å². The van der Waals surface area contributed by atoms with Crippen molar-refractivity contribution in [2.75, 3.05) is 11.9 Å². The van der Waals surface area contributed by atoms with Gasteiger partial charge in [-0.25, -0.2) is 0 Å². The third-order valence-electron chi connectivity index (χ3n) is 3.44. The monoisotopic (exact) mass is 313 g/mol. The number of anilines is 1. The maximum absolute atomic E-state index is 5.85. The molecule has 0 aliphatic carbocycles. The van der Waals surface area contributed by atoms with Crippen LogP contribution in [0.3, 0.4) is 0 Å². The lowest BCUT2D eigenvalue weighted by Gasteiger charge is -2.15. The number of nitrogens with one attached hydrogen (secondary N) is 1. The lowest BCUT2D eigenvalue weighted by atomic mass is 10.2. The van der Waals surface area contributed by atoms with E-state index < -0.39 is 0 Å². The maximum atomic E-state index is 5.85. The van der Waals surface area contributed by atoms with E-state index in [4.69, 9.17) is 9.47 Å². The summed E-state index contributed by atoms with van der Waals surface area (Å²) in [6, 6.07) is 16.3. The second-order valence-corrected chi connectivity index (χ2v) is 5.85. The highest BCUT2D eigenvalue weighted by Crippen LogP contribution is 2.22. The van der Waals surface area contributed by atoms with E-state index in [-0.39, 0.29) is 6.10 Å². The Morgan fingerprint density at radius 3 is 2.43 bits per heavy atom. The second-order valence-electron chi connectivity index (χ2n) is 5.85. The van der Waals surface area contributed by atoms with Gasteiger partial charge in [-0.15, -0.1) is 0 Å². The second kappa shape index (κ2) is 9.09. The molecule has 0 heterocycles. The van der Waals surface area contributed by atoms with E-state index in [0.29, 0.717) is 0 Å². The van der Waals surface area contributed by atoms with E-state index in [1.807, 2.05) is 56.3 Å². The Bertz CT molecular complexity index is 578. The molecule has 0 aromatic heterocycles. The molecule has 0 atom stereocenters. The molecule has 0 saturated carbocycles. The molecule has 0 bridgehead atoms. The van der Waals surface area contributed by atoms with Gasteiger partial charge in [-0.05, 0) is 50.6 Å². The zero-order valence-corrected chi connectivity index (χ0v) is 14.3. The van der Waals surface area contributed by atoms with Gasteiger partial charge in [0, 0.05) is 17.8 Å². The van der Waals surface area contributed by atoms with Crippen LogP contribution in [0.15, 0.2) is 48.5 Å². The lowest BCUT2D eigenvalue weighted by Crippen LogP contribution is -2.09. The molecule has 0 saturated heterocycles. The molecule has 0 aliphatic rings. The van der Waals surface area contributed by atoms with Crippen molar-refractivity contribution in [1.82, 2.24) is 0 Å². The number of benzene rings is 2. The minimum atomic E-state index is 0.177. The van der Waals surface area contributed by atoms with Gasteiger partial charge in [-0.2, -0.15) is 0 Å². The van der Waals surface area contributed by atoms with E-state index in [2.05, 4.69) is 18.3 Å². The Kier molecular flexibility index (Phi) is 6.79. The first-order chi connectivity index (χ1) is 11.2. The van der Waals surface area contributed by atoms with Gasteiger partial charge in [-0.1, -0.05) is 31.5 Å². The quantitative estimate of drug-likeness (QED) is 0.640. The lowest BCUT2D eigenvalue weighted by molar-refractivity contribution is 0.240. The van der Waals surface area contributed by atoms with Crippen LogP contribution in [0.25, 0.3) is 0 Å². The minimum absolute atomic E-state index is 0.177. The highest BCUT2D eigenvalue weighted by atomic mass is 16.5. The number of hydrogen-bond acceptors (Lipinski definition) is 3. The number of para-hydroxylation sites is 1. The van der Waals surface area contributed by atoms with Crippen LogP contribution >= 0.6 is 0 Å². The van der Waals surface area contributed by atoms with Crippen LogP contribution < -0.4 is 14.8 Å². The van der Waals surface area contributed by atoms with Crippen molar-refractivity contribution in [2.24, 2.45) is 0 Å². The third kappa shape index (κ3) is 5.85. The van der Waals surface area contributed by atoms with Gasteiger partial charge in [-0.3, -0.25) is 0 Å². The average Bonchev–Trinajstić information content (AvgIpc) is 2.55. The summed E-state index contributed by atoms with van der Waals surface area (Å²) >= 11 is 0. The van der Waals surface area contributed by atoms with E-state index in [1.165, 1.54) is 0 Å². The number of unbranched alkanes of at least 4 members (excludes halogenated alkanes) is 1. The van der Waals surface area contributed by atoms with Crippen molar-refractivity contribution in [2.45, 2.75) is 46.3 Å². The smallest absolute Gasteiger partial charge is 0.124 e. The molecule has 1 N–H and O–H groups in total. The predicted octanol–water partition coefficient (Wildman–Crippen LogP) is 5.26. The summed E-state index contributed by atoms with van der Waals surface area (Å²) in [5.74, 6) is 1.86. The summed E-state index contributed by atoms with van der Waals surface area (Å²) in [5, 5.41) is 3.43. The van der Waals surface area contributed by atoms with Crippen LogP contribution in [0.5, 0.6) is 11.5 Å². The zero-order chi connectivity index (χ0) is 16.5. The van der Waals surface area contributed by atoms with Crippen LogP contribution in [0.1, 0.15) is 39.2 Å². The molecule has 3 nitrogen and oxygen atoms in total. The van der Waals surface area contributed by atoms with E-state index >= 15 is 0 Å². The van der Waals surface area contributed by atoms with E-state index in [0.717, 1.165) is 48.7 Å². The largest absolute Gasteiger partial charge is 0.494 e. The van der Waals surface area contributed by atoms with Crippen molar-refractivity contribution < 1.29 is 9.47 Å². The summed E-state index contributed by atoms with van der Waals surface area (Å²) in [4.78, 5) is 0. The molecular weight excluding hydrogens is 286 g/mol. The van der Waals surface area contributed by atoms with Gasteiger partial charge in [0.25, 0.3) is 0 Å². The van der Waals surface area contributed by atoms with Gasteiger partial charge in [0.15, 0.2) is 0 Å². The van der Waals surface area contributed by atoms with Crippen LogP contribution in [0, 0.1) is 0 Å². The summed E-state index contributed by atoms with van der Waals surface area (Å²) in [6.07, 6.45) is 2.42. The number of ether oxygens (including phenoxy) is 2. The van der Waals surface area contributed by atoms with Gasteiger partial charge >= 0.3 is 0 Å². The summed E-state index contributed by atoms with van der Waals surface area (Å²) in [6.45, 7) is 7.77. The normalized spacial score (nSPS) is 10.6. The fourth-order valence-electron chi connectivity index (χ4n) is 2.22. The highest BCUT2D eigenvalue weighted by molar-refractivity contribution is 5.47. The molecule has 124 valence electrons. The fraction of sp³-hybridized carbons (Fsp3) is 0.400. The topological polar surface area (TPSA) is 30.5 Å². The predicted molar refractivity (Wildman–Crippen MR) is 96.4 cm³/mol. The highest BCUT2D eigenvalue weighted by Gasteiger charge is 2.05. The fourth-order valence-corrected chi connectivity index (χ4v) is 2.22. The molecule has 3 heteroatoms. The standard InChI is InChI=1S/C20H27NO2/c1-4-5-14-22-19-12-10-18(11-13-19)21-15-17-8-6-7-9-20(17)23-16(2)3/h6-13,16,21H,4-5,14-15H2,1-3H3. The van der Waals surface area contributed by atoms with Crippen LogP contribution in [-0.4, -0.2) is 12.7 Å². The van der Waals surface area contributed by atoms with Crippen molar-refractivity contribution >= 4 is 5.69 Å². The Morgan fingerprint density at radius 2 is 1.74 bits per heavy atom. The molecule has 2 aromatic rings. The first-order valence-corrected chi connectivity index (χ1v) is 8.40. The molecule has 0 unspecified atom stereocenters. The first kappa shape index (κ1) is 17.2. The van der Waals surface area contributed by atoms with Crippen LogP contribution in [0.4, 0.5) is 5.69 Å².